The molecule has 0 aromatic heterocycles. The fourth-order valence-corrected chi connectivity index (χ4v) is 1.72. The van der Waals surface area contributed by atoms with Crippen LogP contribution in [0.5, 0.6) is 0 Å². The normalized spacial score (nSPS) is 10.7. The van der Waals surface area contributed by atoms with Crippen LogP contribution in [0.25, 0.3) is 0 Å². The molecule has 0 unspecified atom stereocenters. The fraction of sp³-hybridized carbons (Fsp3) is 0.750. The van der Waals surface area contributed by atoms with E-state index < -0.39 is 23.3 Å². The summed E-state index contributed by atoms with van der Waals surface area (Å²) in [5.41, 5.74) is -2.01. The van der Waals surface area contributed by atoms with Crippen LogP contribution >= 0.6 is 0 Å². The van der Waals surface area contributed by atoms with E-state index in [1.54, 1.807) is 0 Å². The molecule has 0 aliphatic carbocycles. The summed E-state index contributed by atoms with van der Waals surface area (Å²) in [6.07, 6.45) is 2.22. The molecule has 0 atom stereocenters. The molecular weight excluding hydrogens is 240 g/mol. The van der Waals surface area contributed by atoms with Crippen LogP contribution < -0.4 is 0 Å². The number of methoxy groups -OCH3 is 3. The Labute approximate surface area is 107 Å². The highest BCUT2D eigenvalue weighted by Gasteiger charge is 2.56. The SMILES string of the molecule is CCCCCC(C(=O)OC)(C(=O)OC)C(=O)OC. The van der Waals surface area contributed by atoms with Crippen LogP contribution in [0.2, 0.25) is 0 Å². The molecule has 0 saturated heterocycles. The van der Waals surface area contributed by atoms with Crippen molar-refractivity contribution >= 4 is 17.9 Å². The number of esters is 3. The first-order valence-electron chi connectivity index (χ1n) is 5.76. The number of hydrogen-bond donors (Lipinski definition) is 0. The summed E-state index contributed by atoms with van der Waals surface area (Å²) in [4.78, 5) is 35.4. The Balaban J connectivity index is 5.33. The maximum Gasteiger partial charge on any atom is 0.334 e. The van der Waals surface area contributed by atoms with Gasteiger partial charge in [0.2, 0.25) is 0 Å². The van der Waals surface area contributed by atoms with Crippen LogP contribution in [0.1, 0.15) is 32.6 Å². The van der Waals surface area contributed by atoms with Crippen LogP contribution in [0.4, 0.5) is 0 Å². The van der Waals surface area contributed by atoms with Crippen molar-refractivity contribution in [3.05, 3.63) is 0 Å². The van der Waals surface area contributed by atoms with Crippen molar-refractivity contribution < 1.29 is 28.6 Å². The number of ether oxygens (including phenoxy) is 3. The molecule has 6 heteroatoms. The minimum Gasteiger partial charge on any atom is -0.468 e. The molecule has 0 bridgehead atoms. The molecule has 0 aliphatic heterocycles. The fourth-order valence-electron chi connectivity index (χ4n) is 1.72. The van der Waals surface area contributed by atoms with Gasteiger partial charge in [-0.05, 0) is 6.42 Å². The quantitative estimate of drug-likeness (QED) is 0.295. The molecule has 0 fully saturated rings. The Hall–Kier alpha value is -1.59. The predicted octanol–water partition coefficient (Wildman–Crippen LogP) is 1.07. The molecule has 18 heavy (non-hydrogen) atoms. The standard InChI is InChI=1S/C12H20O6/c1-5-6-7-8-12(9(13)16-2,10(14)17-3)11(15)18-4/h5-8H2,1-4H3. The van der Waals surface area contributed by atoms with Crippen molar-refractivity contribution in [3.63, 3.8) is 0 Å². The van der Waals surface area contributed by atoms with E-state index in [4.69, 9.17) is 0 Å². The Morgan fingerprint density at radius 1 is 0.833 bits per heavy atom. The second-order valence-corrected chi connectivity index (χ2v) is 3.84. The molecule has 0 N–H and O–H groups in total. The van der Waals surface area contributed by atoms with Gasteiger partial charge in [-0.15, -0.1) is 0 Å². The van der Waals surface area contributed by atoms with Gasteiger partial charge in [0.1, 0.15) is 0 Å². The maximum atomic E-state index is 11.8. The van der Waals surface area contributed by atoms with Gasteiger partial charge in [0.05, 0.1) is 21.3 Å². The van der Waals surface area contributed by atoms with Gasteiger partial charge in [-0.2, -0.15) is 0 Å². The third-order valence-electron chi connectivity index (χ3n) is 2.76. The summed E-state index contributed by atoms with van der Waals surface area (Å²) in [6, 6.07) is 0. The molecule has 104 valence electrons. The van der Waals surface area contributed by atoms with Crippen LogP contribution in [-0.2, 0) is 28.6 Å². The highest BCUT2D eigenvalue weighted by molar-refractivity contribution is 6.17. The largest absolute Gasteiger partial charge is 0.468 e. The number of rotatable bonds is 7. The van der Waals surface area contributed by atoms with Gasteiger partial charge in [0.25, 0.3) is 5.41 Å². The topological polar surface area (TPSA) is 78.9 Å². The first-order chi connectivity index (χ1) is 8.50. The molecule has 0 rings (SSSR count). The van der Waals surface area contributed by atoms with Gasteiger partial charge in [-0.25, -0.2) is 0 Å². The van der Waals surface area contributed by atoms with E-state index in [0.29, 0.717) is 6.42 Å². The molecule has 0 spiro atoms. The van der Waals surface area contributed by atoms with Crippen molar-refractivity contribution in [2.24, 2.45) is 5.41 Å². The summed E-state index contributed by atoms with van der Waals surface area (Å²) in [6.45, 7) is 1.97. The minimum atomic E-state index is -2.01. The molecule has 0 aliphatic rings. The Morgan fingerprint density at radius 2 is 1.22 bits per heavy atom. The molecule has 0 amide bonds. The lowest BCUT2D eigenvalue weighted by Crippen LogP contribution is -2.48. The Bertz CT molecular complexity index is 269. The number of hydrogen-bond acceptors (Lipinski definition) is 6. The highest BCUT2D eigenvalue weighted by atomic mass is 16.6. The van der Waals surface area contributed by atoms with E-state index in [-0.39, 0.29) is 6.42 Å². The van der Waals surface area contributed by atoms with Crippen LogP contribution in [0, 0.1) is 5.41 Å². The van der Waals surface area contributed by atoms with Crippen molar-refractivity contribution in [1.29, 1.82) is 0 Å². The summed E-state index contributed by atoms with van der Waals surface area (Å²) < 4.78 is 13.7. The lowest BCUT2D eigenvalue weighted by Gasteiger charge is -2.25. The van der Waals surface area contributed by atoms with Gasteiger partial charge in [-0.3, -0.25) is 14.4 Å². The lowest BCUT2D eigenvalue weighted by atomic mass is 9.82. The summed E-state index contributed by atoms with van der Waals surface area (Å²) in [7, 11) is 3.34. The van der Waals surface area contributed by atoms with Crippen LogP contribution in [-0.4, -0.2) is 39.2 Å². The van der Waals surface area contributed by atoms with Gasteiger partial charge in [0.15, 0.2) is 0 Å². The second-order valence-electron chi connectivity index (χ2n) is 3.84. The first-order valence-corrected chi connectivity index (χ1v) is 5.76. The first kappa shape index (κ1) is 16.4. The van der Waals surface area contributed by atoms with Crippen molar-refractivity contribution in [2.75, 3.05) is 21.3 Å². The monoisotopic (exact) mass is 260 g/mol. The lowest BCUT2D eigenvalue weighted by molar-refractivity contribution is -0.181. The zero-order valence-electron chi connectivity index (χ0n) is 11.3. The van der Waals surface area contributed by atoms with E-state index in [9.17, 15) is 14.4 Å². The highest BCUT2D eigenvalue weighted by Crippen LogP contribution is 2.30. The molecule has 0 radical (unpaired) electrons. The van der Waals surface area contributed by atoms with Crippen molar-refractivity contribution in [1.82, 2.24) is 0 Å². The van der Waals surface area contributed by atoms with E-state index >= 15 is 0 Å². The summed E-state index contributed by atoms with van der Waals surface area (Å²) in [5, 5.41) is 0. The zero-order chi connectivity index (χ0) is 14.2. The number of unbranched alkanes of at least 4 members (excludes halogenated alkanes) is 2. The number of carbonyl (C=O) groups excluding carboxylic acids is 3. The van der Waals surface area contributed by atoms with E-state index in [2.05, 4.69) is 14.2 Å². The Morgan fingerprint density at radius 3 is 1.50 bits per heavy atom. The van der Waals surface area contributed by atoms with Crippen molar-refractivity contribution in [2.45, 2.75) is 32.6 Å². The average molecular weight is 260 g/mol. The minimum absolute atomic E-state index is 0.0207. The van der Waals surface area contributed by atoms with Gasteiger partial charge in [0, 0.05) is 0 Å². The zero-order valence-corrected chi connectivity index (χ0v) is 11.3. The smallest absolute Gasteiger partial charge is 0.334 e. The van der Waals surface area contributed by atoms with E-state index in [0.717, 1.165) is 34.2 Å². The van der Waals surface area contributed by atoms with Gasteiger partial charge >= 0.3 is 17.9 Å². The second kappa shape index (κ2) is 7.68. The van der Waals surface area contributed by atoms with Gasteiger partial charge in [-0.1, -0.05) is 26.2 Å². The van der Waals surface area contributed by atoms with E-state index in [1.807, 2.05) is 6.92 Å². The Kier molecular flexibility index (Phi) is 7.00. The molecular formula is C12H20O6. The molecule has 0 aromatic rings. The van der Waals surface area contributed by atoms with E-state index in [1.165, 1.54) is 0 Å². The van der Waals surface area contributed by atoms with Crippen LogP contribution in [0.3, 0.4) is 0 Å². The predicted molar refractivity (Wildman–Crippen MR) is 62.6 cm³/mol. The number of carbonyl (C=O) groups is 3. The third-order valence-corrected chi connectivity index (χ3v) is 2.76. The summed E-state index contributed by atoms with van der Waals surface area (Å²) in [5.74, 6) is -2.84. The third kappa shape index (κ3) is 3.21. The van der Waals surface area contributed by atoms with Crippen molar-refractivity contribution in [3.8, 4) is 0 Å². The molecule has 0 aromatic carbocycles. The maximum absolute atomic E-state index is 11.8. The summed E-state index contributed by atoms with van der Waals surface area (Å²) >= 11 is 0. The molecule has 0 heterocycles. The average Bonchev–Trinajstić information content (AvgIpc) is 2.41. The molecule has 6 nitrogen and oxygen atoms in total. The molecule has 0 saturated carbocycles. The van der Waals surface area contributed by atoms with Gasteiger partial charge < -0.3 is 14.2 Å². The van der Waals surface area contributed by atoms with Crippen LogP contribution in [0.15, 0.2) is 0 Å².